The van der Waals surface area contributed by atoms with Gasteiger partial charge in [0, 0.05) is 11.6 Å². The van der Waals surface area contributed by atoms with Gasteiger partial charge in [-0.1, -0.05) is 5.16 Å². The van der Waals surface area contributed by atoms with Crippen LogP contribution in [0.15, 0.2) is 29.1 Å². The van der Waals surface area contributed by atoms with Crippen molar-refractivity contribution in [2.24, 2.45) is 0 Å². The van der Waals surface area contributed by atoms with E-state index in [1.807, 2.05) is 18.2 Å². The van der Waals surface area contributed by atoms with Crippen molar-refractivity contribution in [1.29, 1.82) is 0 Å². The maximum Gasteiger partial charge on any atom is 0.213 e. The van der Waals surface area contributed by atoms with Gasteiger partial charge in [-0.3, -0.25) is 0 Å². The maximum atomic E-state index is 5.82. The number of fused-ring (bicyclic) bond motifs is 1. The monoisotopic (exact) mass is 255 g/mol. The molecule has 1 aliphatic rings. The van der Waals surface area contributed by atoms with Crippen molar-refractivity contribution in [3.63, 3.8) is 0 Å². The summed E-state index contributed by atoms with van der Waals surface area (Å²) in [4.78, 5) is 8.80. The molecule has 6 nitrogen and oxygen atoms in total. The zero-order chi connectivity index (χ0) is 12.8. The highest BCUT2D eigenvalue weighted by Crippen LogP contribution is 2.41. The first-order chi connectivity index (χ1) is 9.31. The minimum Gasteiger partial charge on any atom is -0.399 e. The van der Waals surface area contributed by atoms with Crippen LogP contribution >= 0.6 is 0 Å². The van der Waals surface area contributed by atoms with E-state index < -0.39 is 0 Å². The zero-order valence-electron chi connectivity index (χ0n) is 10.3. The molecule has 19 heavy (non-hydrogen) atoms. The normalized spacial score (nSPS) is 15.2. The molecular formula is C13H13N5O. The van der Waals surface area contributed by atoms with E-state index in [0.29, 0.717) is 18.3 Å². The first kappa shape index (κ1) is 10.5. The molecule has 2 aromatic heterocycles. The van der Waals surface area contributed by atoms with Crippen molar-refractivity contribution in [3.8, 4) is 0 Å². The van der Waals surface area contributed by atoms with Gasteiger partial charge in [0.25, 0.3) is 0 Å². The number of hydrogen-bond acceptors (Lipinski definition) is 5. The van der Waals surface area contributed by atoms with Crippen molar-refractivity contribution in [2.45, 2.75) is 25.3 Å². The molecule has 0 spiro atoms. The average Bonchev–Trinajstić information content (AvgIpc) is 3.00. The molecule has 3 aromatic rings. The summed E-state index contributed by atoms with van der Waals surface area (Å²) in [7, 11) is 0. The second-order valence-corrected chi connectivity index (χ2v) is 4.93. The third-order valence-electron chi connectivity index (χ3n) is 3.45. The Balaban J connectivity index is 1.87. The van der Waals surface area contributed by atoms with Crippen LogP contribution < -0.4 is 5.73 Å². The Morgan fingerprint density at radius 3 is 3.00 bits per heavy atom. The van der Waals surface area contributed by atoms with Crippen molar-refractivity contribution in [1.82, 2.24) is 19.7 Å². The Hall–Kier alpha value is -2.37. The van der Waals surface area contributed by atoms with E-state index in [2.05, 4.69) is 14.7 Å². The van der Waals surface area contributed by atoms with Crippen LogP contribution in [0.4, 0.5) is 5.69 Å². The third-order valence-corrected chi connectivity index (χ3v) is 3.45. The second kappa shape index (κ2) is 3.81. The number of nitrogens with two attached hydrogens (primary N) is 1. The van der Waals surface area contributed by atoms with E-state index in [9.17, 15) is 0 Å². The molecule has 1 fully saturated rings. The van der Waals surface area contributed by atoms with Crippen molar-refractivity contribution < 1.29 is 4.52 Å². The molecule has 2 heterocycles. The first-order valence-electron chi connectivity index (χ1n) is 6.32. The van der Waals surface area contributed by atoms with Crippen LogP contribution in [0.1, 0.15) is 30.4 Å². The van der Waals surface area contributed by atoms with Crippen molar-refractivity contribution in [3.05, 3.63) is 36.2 Å². The van der Waals surface area contributed by atoms with E-state index in [1.54, 1.807) is 0 Å². The Labute approximate surface area is 109 Å². The molecule has 2 N–H and O–H groups in total. The quantitative estimate of drug-likeness (QED) is 0.723. The lowest BCUT2D eigenvalue weighted by Gasteiger charge is -2.05. The number of aromatic nitrogens is 4. The fraction of sp³-hybridized carbons (Fsp3) is 0.308. The molecule has 0 unspecified atom stereocenters. The molecule has 6 heteroatoms. The number of nitrogen functional groups attached to an aromatic ring is 1. The number of rotatable bonds is 3. The van der Waals surface area contributed by atoms with E-state index >= 15 is 0 Å². The van der Waals surface area contributed by atoms with Crippen LogP contribution in [0.5, 0.6) is 0 Å². The fourth-order valence-corrected chi connectivity index (χ4v) is 2.39. The molecule has 1 saturated carbocycles. The standard InChI is InChI=1S/C13H13N5O/c14-9-3-4-11-10(5-9)16-13(8-1-2-8)18(11)6-12-15-7-19-17-12/h3-5,7-8H,1-2,6,14H2. The zero-order valence-corrected chi connectivity index (χ0v) is 10.3. The summed E-state index contributed by atoms with van der Waals surface area (Å²) in [6.07, 6.45) is 3.75. The molecule has 0 bridgehead atoms. The van der Waals surface area contributed by atoms with E-state index in [-0.39, 0.29) is 0 Å². The minimum atomic E-state index is 0.556. The summed E-state index contributed by atoms with van der Waals surface area (Å²) in [5, 5.41) is 3.88. The lowest BCUT2D eigenvalue weighted by molar-refractivity contribution is 0.408. The number of hydrogen-bond donors (Lipinski definition) is 1. The van der Waals surface area contributed by atoms with Gasteiger partial charge in [-0.05, 0) is 31.0 Å². The molecule has 1 aromatic carbocycles. The van der Waals surface area contributed by atoms with Gasteiger partial charge in [0.2, 0.25) is 6.39 Å². The molecule has 0 amide bonds. The van der Waals surface area contributed by atoms with Gasteiger partial charge in [0.15, 0.2) is 5.82 Å². The summed E-state index contributed by atoms with van der Waals surface area (Å²) in [5.74, 6) is 2.32. The van der Waals surface area contributed by atoms with E-state index in [1.165, 1.54) is 19.2 Å². The van der Waals surface area contributed by atoms with Gasteiger partial charge in [-0.15, -0.1) is 0 Å². The van der Waals surface area contributed by atoms with Gasteiger partial charge in [-0.25, -0.2) is 4.98 Å². The summed E-state index contributed by atoms with van der Waals surface area (Å²) in [6.45, 7) is 0.586. The van der Waals surface area contributed by atoms with Gasteiger partial charge < -0.3 is 14.8 Å². The molecule has 1 aliphatic carbocycles. The topological polar surface area (TPSA) is 82.8 Å². The van der Waals surface area contributed by atoms with Crippen molar-refractivity contribution in [2.75, 3.05) is 5.73 Å². The highest BCUT2D eigenvalue weighted by Gasteiger charge is 2.29. The van der Waals surface area contributed by atoms with E-state index in [4.69, 9.17) is 15.2 Å². The maximum absolute atomic E-state index is 5.82. The molecule has 4 rings (SSSR count). The Bertz CT molecular complexity index is 727. The molecule has 0 saturated heterocycles. The summed E-state index contributed by atoms with van der Waals surface area (Å²) >= 11 is 0. The average molecular weight is 255 g/mol. The predicted octanol–water partition coefficient (Wildman–Crippen LogP) is 1.93. The van der Waals surface area contributed by atoms with Gasteiger partial charge >= 0.3 is 0 Å². The van der Waals surface area contributed by atoms with Crippen molar-refractivity contribution >= 4 is 16.7 Å². The highest BCUT2D eigenvalue weighted by molar-refractivity contribution is 5.80. The van der Waals surface area contributed by atoms with Crippen LogP contribution in [0.25, 0.3) is 11.0 Å². The largest absolute Gasteiger partial charge is 0.399 e. The Morgan fingerprint density at radius 2 is 2.26 bits per heavy atom. The second-order valence-electron chi connectivity index (χ2n) is 4.93. The smallest absolute Gasteiger partial charge is 0.213 e. The van der Waals surface area contributed by atoms with Crippen LogP contribution in [-0.2, 0) is 6.54 Å². The molecule has 96 valence electrons. The highest BCUT2D eigenvalue weighted by atomic mass is 16.5. The minimum absolute atomic E-state index is 0.556. The molecule has 0 atom stereocenters. The summed E-state index contributed by atoms with van der Waals surface area (Å²) < 4.78 is 6.96. The fourth-order valence-electron chi connectivity index (χ4n) is 2.39. The van der Waals surface area contributed by atoms with Gasteiger partial charge in [0.1, 0.15) is 5.82 Å². The predicted molar refractivity (Wildman–Crippen MR) is 69.5 cm³/mol. The lowest BCUT2D eigenvalue weighted by Crippen LogP contribution is -2.05. The van der Waals surface area contributed by atoms with Crippen LogP contribution in [0.2, 0.25) is 0 Å². The molecular weight excluding hydrogens is 242 g/mol. The summed E-state index contributed by atoms with van der Waals surface area (Å²) in [5.41, 5.74) is 8.56. The Morgan fingerprint density at radius 1 is 1.37 bits per heavy atom. The molecule has 0 aliphatic heterocycles. The molecule has 0 radical (unpaired) electrons. The van der Waals surface area contributed by atoms with Gasteiger partial charge in [-0.2, -0.15) is 4.98 Å². The number of benzene rings is 1. The van der Waals surface area contributed by atoms with Crippen LogP contribution in [0, 0.1) is 0 Å². The van der Waals surface area contributed by atoms with Crippen LogP contribution in [-0.4, -0.2) is 19.7 Å². The third kappa shape index (κ3) is 1.76. The SMILES string of the molecule is Nc1ccc2c(c1)nc(C1CC1)n2Cc1ncon1. The Kier molecular flexibility index (Phi) is 2.11. The number of imidazole rings is 1. The van der Waals surface area contributed by atoms with Gasteiger partial charge in [0.05, 0.1) is 17.6 Å². The lowest BCUT2D eigenvalue weighted by atomic mass is 10.3. The van der Waals surface area contributed by atoms with E-state index in [0.717, 1.165) is 22.5 Å². The first-order valence-corrected chi connectivity index (χ1v) is 6.32. The number of anilines is 1. The summed E-state index contributed by atoms with van der Waals surface area (Å²) in [6, 6.07) is 5.81. The van der Waals surface area contributed by atoms with Crippen LogP contribution in [0.3, 0.4) is 0 Å². The number of nitrogens with zero attached hydrogens (tertiary/aromatic N) is 4.